The first-order valence-corrected chi connectivity index (χ1v) is 13.5. The lowest BCUT2D eigenvalue weighted by Gasteiger charge is -2.41. The van der Waals surface area contributed by atoms with E-state index in [4.69, 9.17) is 17.3 Å². The number of aromatic hydroxyl groups is 1. The van der Waals surface area contributed by atoms with E-state index in [0.29, 0.717) is 42.9 Å². The van der Waals surface area contributed by atoms with Crippen molar-refractivity contribution >= 4 is 46.6 Å². The lowest BCUT2D eigenvalue weighted by atomic mass is 9.61. The molecule has 2 aromatic rings. The average molecular weight is 566 g/mol. The van der Waals surface area contributed by atoms with Crippen LogP contribution >= 0.6 is 11.6 Å². The maximum Gasteiger partial charge on any atom is 0.319 e. The van der Waals surface area contributed by atoms with Crippen LogP contribution in [-0.4, -0.2) is 51.2 Å². The molecule has 3 aliphatic carbocycles. The second-order valence-electron chi connectivity index (χ2n) is 10.2. The van der Waals surface area contributed by atoms with E-state index in [1.165, 1.54) is 6.07 Å². The van der Waals surface area contributed by atoms with E-state index in [1.807, 2.05) is 0 Å². The first-order chi connectivity index (χ1) is 19.1. The van der Waals surface area contributed by atoms with Crippen molar-refractivity contribution in [2.75, 3.05) is 17.7 Å². The van der Waals surface area contributed by atoms with Crippen LogP contribution in [0, 0.1) is 17.8 Å². The van der Waals surface area contributed by atoms with Crippen molar-refractivity contribution in [1.29, 1.82) is 0 Å². The van der Waals surface area contributed by atoms with E-state index in [2.05, 4.69) is 10.6 Å². The number of hydrogen-bond donors (Lipinski definition) is 6. The Morgan fingerprint density at radius 1 is 1.02 bits per heavy atom. The summed E-state index contributed by atoms with van der Waals surface area (Å²) < 4.78 is 0. The Balaban J connectivity index is 1.49. The molecule has 3 amide bonds. The van der Waals surface area contributed by atoms with Gasteiger partial charge in [0.25, 0.3) is 5.91 Å². The van der Waals surface area contributed by atoms with Crippen LogP contribution in [0.1, 0.15) is 30.4 Å². The summed E-state index contributed by atoms with van der Waals surface area (Å²) in [4.78, 5) is 49.9. The summed E-state index contributed by atoms with van der Waals surface area (Å²) in [6.07, 6.45) is 1.15. The highest BCUT2D eigenvalue weighted by Crippen LogP contribution is 2.51. The van der Waals surface area contributed by atoms with Gasteiger partial charge in [0.2, 0.25) is 0 Å². The van der Waals surface area contributed by atoms with Gasteiger partial charge in [-0.15, -0.1) is 11.6 Å². The molecule has 1 saturated carbocycles. The van der Waals surface area contributed by atoms with Crippen LogP contribution in [0.4, 0.5) is 10.5 Å². The van der Waals surface area contributed by atoms with Crippen LogP contribution in [0.5, 0.6) is 5.75 Å². The van der Waals surface area contributed by atoms with Crippen molar-refractivity contribution in [1.82, 2.24) is 5.32 Å². The molecule has 40 heavy (non-hydrogen) atoms. The summed E-state index contributed by atoms with van der Waals surface area (Å²) in [5.74, 6) is -5.25. The second kappa shape index (κ2) is 10.7. The van der Waals surface area contributed by atoms with E-state index in [0.717, 1.165) is 11.1 Å². The number of phenols is 1. The summed E-state index contributed by atoms with van der Waals surface area (Å²) in [6, 6.07) is 9.85. The highest BCUT2D eigenvalue weighted by atomic mass is 35.5. The summed E-state index contributed by atoms with van der Waals surface area (Å²) in [5.41, 5.74) is 7.59. The van der Waals surface area contributed by atoms with Gasteiger partial charge in [0.15, 0.2) is 11.6 Å². The molecule has 1 fully saturated rings. The number of nitrogens with one attached hydrogen (secondary N) is 2. The van der Waals surface area contributed by atoms with Gasteiger partial charge in [-0.05, 0) is 66.0 Å². The first kappa shape index (κ1) is 27.3. The van der Waals surface area contributed by atoms with E-state index in [9.17, 15) is 34.5 Å². The molecule has 7 N–H and O–H groups in total. The van der Waals surface area contributed by atoms with E-state index in [-0.39, 0.29) is 35.1 Å². The molecule has 208 valence electrons. The Hall–Kier alpha value is -4.31. The average Bonchev–Trinajstić information content (AvgIpc) is 2.89. The van der Waals surface area contributed by atoms with Gasteiger partial charge >= 0.3 is 6.03 Å². The number of amides is 3. The number of benzene rings is 2. The second-order valence-corrected chi connectivity index (χ2v) is 10.6. The number of aliphatic hydroxyl groups is 2. The number of hydrogen-bond acceptors (Lipinski definition) is 7. The van der Waals surface area contributed by atoms with Gasteiger partial charge in [-0.1, -0.05) is 18.2 Å². The number of halogens is 1. The summed E-state index contributed by atoms with van der Waals surface area (Å²) in [6.45, 7) is 0.452. The fourth-order valence-corrected chi connectivity index (χ4v) is 6.22. The van der Waals surface area contributed by atoms with Gasteiger partial charge in [0.05, 0.1) is 11.5 Å². The summed E-state index contributed by atoms with van der Waals surface area (Å²) >= 11 is 5.63. The van der Waals surface area contributed by atoms with Crippen molar-refractivity contribution < 1.29 is 34.5 Å². The molecule has 3 atom stereocenters. The lowest BCUT2D eigenvalue weighted by molar-refractivity contribution is -0.127. The van der Waals surface area contributed by atoms with Crippen LogP contribution in [0.15, 0.2) is 53.3 Å². The quantitative estimate of drug-likeness (QED) is 0.175. The van der Waals surface area contributed by atoms with Gasteiger partial charge < -0.3 is 31.7 Å². The molecule has 2 aromatic carbocycles. The number of Topliss-reactive ketones (excluding diaryl/α,β-unsaturated/α-hetero) is 2. The molecule has 11 heteroatoms. The highest BCUT2D eigenvalue weighted by molar-refractivity contribution is 6.21. The Kier molecular flexibility index (Phi) is 7.29. The highest BCUT2D eigenvalue weighted by Gasteiger charge is 2.51. The minimum absolute atomic E-state index is 0.0608. The van der Waals surface area contributed by atoms with Gasteiger partial charge in [-0.3, -0.25) is 14.4 Å². The maximum absolute atomic E-state index is 13.6. The number of carbonyl (C=O) groups is 4. The number of urea groups is 1. The Morgan fingerprint density at radius 3 is 2.42 bits per heavy atom. The predicted molar refractivity (Wildman–Crippen MR) is 148 cm³/mol. The lowest BCUT2D eigenvalue weighted by Crippen LogP contribution is -2.44. The number of nitrogens with two attached hydrogens (primary N) is 1. The van der Waals surface area contributed by atoms with Crippen molar-refractivity contribution in [3.05, 3.63) is 64.4 Å². The molecule has 0 heterocycles. The monoisotopic (exact) mass is 565 g/mol. The zero-order valence-corrected chi connectivity index (χ0v) is 22.1. The number of allylic oxidation sites excluding steroid dienone is 2. The number of rotatable bonds is 6. The van der Waals surface area contributed by atoms with Crippen LogP contribution in [0.25, 0.3) is 16.9 Å². The number of phenolic OH excluding ortho intramolecular Hbond substituents is 1. The number of anilines is 1. The number of aliphatic hydroxyl groups excluding tert-OH is 2. The zero-order chi connectivity index (χ0) is 28.7. The van der Waals surface area contributed by atoms with Gasteiger partial charge in [-0.2, -0.15) is 0 Å². The molecule has 10 nitrogen and oxygen atoms in total. The minimum Gasteiger partial charge on any atom is -0.511 e. The zero-order valence-electron chi connectivity index (χ0n) is 21.4. The number of ketones is 2. The van der Waals surface area contributed by atoms with Gasteiger partial charge in [0.1, 0.15) is 22.8 Å². The van der Waals surface area contributed by atoms with Crippen molar-refractivity contribution in [3.63, 3.8) is 0 Å². The SMILES string of the molecule is NC(=O)C1=C(O)C2C(=O)C3=C(O)c4c(O)ccc(-c5ccc(NC(=O)NCCCCl)cc5)c4CC3C[C@H]2CC1=O. The largest absolute Gasteiger partial charge is 0.511 e. The van der Waals surface area contributed by atoms with Crippen LogP contribution in [0.3, 0.4) is 0 Å². The smallest absolute Gasteiger partial charge is 0.319 e. The van der Waals surface area contributed by atoms with E-state index in [1.54, 1.807) is 30.3 Å². The Bertz CT molecular complexity index is 1500. The number of carbonyl (C=O) groups excluding carboxylic acids is 4. The third kappa shape index (κ3) is 4.68. The molecule has 0 bridgehead atoms. The first-order valence-electron chi connectivity index (χ1n) is 12.9. The molecule has 3 aliphatic rings. The molecule has 0 aliphatic heterocycles. The number of primary amides is 1. The third-order valence-corrected chi connectivity index (χ3v) is 8.09. The van der Waals surface area contributed by atoms with Crippen molar-refractivity contribution in [3.8, 4) is 16.9 Å². The molecular formula is C29H28ClN3O7. The Morgan fingerprint density at radius 2 is 1.75 bits per heavy atom. The summed E-state index contributed by atoms with van der Waals surface area (Å²) in [5, 5.41) is 38.1. The van der Waals surface area contributed by atoms with Crippen LogP contribution in [-0.2, 0) is 20.8 Å². The molecular weight excluding hydrogens is 538 g/mol. The molecule has 0 saturated heterocycles. The van der Waals surface area contributed by atoms with E-state index < -0.39 is 46.6 Å². The van der Waals surface area contributed by atoms with Crippen molar-refractivity contribution in [2.24, 2.45) is 23.5 Å². The standard InChI is InChI=1S/C29H28ClN3O7/c30-8-1-9-32-29(40)33-16-4-2-13(3-5-16)17-6-7-19(34)23-18(17)11-14-10-15-12-20(35)24(28(31)39)27(38)22(15)25(36)21(14)26(23)37/h2-7,14-15,22,34,37-38H,1,8-12H2,(H2,31,39)(H2,32,33,40)/t14?,15-,22?/m0/s1. The molecule has 5 rings (SSSR count). The minimum atomic E-state index is -1.16. The van der Waals surface area contributed by atoms with Gasteiger partial charge in [-0.25, -0.2) is 4.79 Å². The molecule has 2 unspecified atom stereocenters. The Labute approximate surface area is 234 Å². The van der Waals surface area contributed by atoms with Crippen molar-refractivity contribution in [2.45, 2.75) is 25.7 Å². The summed E-state index contributed by atoms with van der Waals surface area (Å²) in [7, 11) is 0. The van der Waals surface area contributed by atoms with Crippen LogP contribution < -0.4 is 16.4 Å². The normalized spacial score (nSPS) is 21.9. The molecule has 0 radical (unpaired) electrons. The molecule has 0 aromatic heterocycles. The predicted octanol–water partition coefficient (Wildman–Crippen LogP) is 3.73. The fraction of sp³-hybridized carbons (Fsp3) is 0.310. The topological polar surface area (TPSA) is 179 Å². The fourth-order valence-electron chi connectivity index (χ4n) is 6.09. The number of fused-ring (bicyclic) bond motifs is 3. The third-order valence-electron chi connectivity index (χ3n) is 7.82. The van der Waals surface area contributed by atoms with E-state index >= 15 is 0 Å². The van der Waals surface area contributed by atoms with Crippen LogP contribution in [0.2, 0.25) is 0 Å². The maximum atomic E-state index is 13.6. The van der Waals surface area contributed by atoms with Gasteiger partial charge in [0, 0.05) is 30.1 Å². The molecule has 0 spiro atoms. The number of alkyl halides is 1.